The lowest BCUT2D eigenvalue weighted by molar-refractivity contribution is 0.233. The van der Waals surface area contributed by atoms with Gasteiger partial charge < -0.3 is 9.64 Å². The van der Waals surface area contributed by atoms with E-state index in [1.54, 1.807) is 35.7 Å². The van der Waals surface area contributed by atoms with Crippen molar-refractivity contribution in [2.24, 2.45) is 5.92 Å². The SMILES string of the molecule is COc1ccc(S(=O)(=O)N(CCCN2CCN(c3ccc(F)cc3)CC2)CC2CCCCC2)cc1. The number of ether oxygens (including phenoxy) is 1. The van der Waals surface area contributed by atoms with Gasteiger partial charge in [0.05, 0.1) is 12.0 Å². The number of halogens is 1. The van der Waals surface area contributed by atoms with Crippen molar-refractivity contribution in [2.75, 3.05) is 57.8 Å². The summed E-state index contributed by atoms with van der Waals surface area (Å²) in [5.41, 5.74) is 1.05. The minimum absolute atomic E-state index is 0.213. The van der Waals surface area contributed by atoms with Gasteiger partial charge in [-0.3, -0.25) is 4.90 Å². The number of piperazine rings is 1. The number of hydrogen-bond acceptors (Lipinski definition) is 5. The Labute approximate surface area is 209 Å². The van der Waals surface area contributed by atoms with Crippen molar-refractivity contribution in [2.45, 2.75) is 43.4 Å². The van der Waals surface area contributed by atoms with Crippen molar-refractivity contribution in [1.29, 1.82) is 0 Å². The van der Waals surface area contributed by atoms with E-state index < -0.39 is 10.0 Å². The summed E-state index contributed by atoms with van der Waals surface area (Å²) >= 11 is 0. The molecule has 1 heterocycles. The zero-order chi connectivity index (χ0) is 24.7. The zero-order valence-electron chi connectivity index (χ0n) is 20.7. The van der Waals surface area contributed by atoms with Crippen LogP contribution in [0, 0.1) is 11.7 Å². The molecule has 35 heavy (non-hydrogen) atoms. The zero-order valence-corrected chi connectivity index (χ0v) is 21.6. The molecule has 2 fully saturated rings. The van der Waals surface area contributed by atoms with E-state index in [9.17, 15) is 12.8 Å². The van der Waals surface area contributed by atoms with E-state index in [0.717, 1.165) is 57.7 Å². The second-order valence-corrected chi connectivity index (χ2v) is 11.6. The molecule has 2 aromatic carbocycles. The van der Waals surface area contributed by atoms with Gasteiger partial charge in [0.1, 0.15) is 11.6 Å². The van der Waals surface area contributed by atoms with E-state index in [0.29, 0.717) is 29.7 Å². The predicted octanol–water partition coefficient (Wildman–Crippen LogP) is 4.62. The maximum Gasteiger partial charge on any atom is 0.243 e. The Balaban J connectivity index is 1.34. The molecule has 0 amide bonds. The molecule has 0 spiro atoms. The van der Waals surface area contributed by atoms with E-state index in [-0.39, 0.29) is 5.82 Å². The summed E-state index contributed by atoms with van der Waals surface area (Å²) in [6, 6.07) is 13.4. The fraction of sp³-hybridized carbons (Fsp3) is 0.556. The summed E-state index contributed by atoms with van der Waals surface area (Å²) in [5.74, 6) is 0.883. The normalized spacial score (nSPS) is 18.2. The molecule has 0 bridgehead atoms. The third-order valence-electron chi connectivity index (χ3n) is 7.33. The number of anilines is 1. The van der Waals surface area contributed by atoms with Gasteiger partial charge in [0, 0.05) is 45.0 Å². The maximum absolute atomic E-state index is 13.5. The van der Waals surface area contributed by atoms with Crippen molar-refractivity contribution in [3.8, 4) is 5.75 Å². The molecule has 192 valence electrons. The van der Waals surface area contributed by atoms with Gasteiger partial charge in [-0.2, -0.15) is 4.31 Å². The number of nitrogens with zero attached hydrogens (tertiary/aromatic N) is 3. The van der Waals surface area contributed by atoms with Gasteiger partial charge in [0.15, 0.2) is 0 Å². The molecule has 0 unspecified atom stereocenters. The van der Waals surface area contributed by atoms with Crippen molar-refractivity contribution in [3.63, 3.8) is 0 Å². The number of sulfonamides is 1. The minimum atomic E-state index is -3.56. The molecule has 0 N–H and O–H groups in total. The van der Waals surface area contributed by atoms with Crippen LogP contribution in [-0.4, -0.2) is 70.5 Å². The van der Waals surface area contributed by atoms with Crippen molar-refractivity contribution in [3.05, 3.63) is 54.3 Å². The highest BCUT2D eigenvalue weighted by molar-refractivity contribution is 7.89. The molecule has 2 aromatic rings. The first kappa shape index (κ1) is 25.9. The fourth-order valence-corrected chi connectivity index (χ4v) is 6.77. The Kier molecular flexibility index (Phi) is 9.03. The van der Waals surface area contributed by atoms with Crippen LogP contribution in [0.2, 0.25) is 0 Å². The quantitative estimate of drug-likeness (QED) is 0.474. The van der Waals surface area contributed by atoms with Crippen LogP contribution in [0.1, 0.15) is 38.5 Å². The summed E-state index contributed by atoms with van der Waals surface area (Å²) in [7, 11) is -1.97. The molecule has 8 heteroatoms. The van der Waals surface area contributed by atoms with Crippen molar-refractivity contribution >= 4 is 15.7 Å². The molecular weight excluding hydrogens is 465 g/mol. The van der Waals surface area contributed by atoms with Gasteiger partial charge in [-0.25, -0.2) is 12.8 Å². The molecule has 6 nitrogen and oxygen atoms in total. The molecule has 0 aromatic heterocycles. The topological polar surface area (TPSA) is 53.1 Å². The minimum Gasteiger partial charge on any atom is -0.497 e. The molecule has 4 rings (SSSR count). The van der Waals surface area contributed by atoms with Crippen LogP contribution in [-0.2, 0) is 10.0 Å². The summed E-state index contributed by atoms with van der Waals surface area (Å²) in [6.45, 7) is 5.63. The molecule has 0 atom stereocenters. The third kappa shape index (κ3) is 6.96. The van der Waals surface area contributed by atoms with Crippen LogP contribution in [0.5, 0.6) is 5.75 Å². The number of benzene rings is 2. The average Bonchev–Trinajstić information content (AvgIpc) is 2.89. The highest BCUT2D eigenvalue weighted by Crippen LogP contribution is 2.27. The lowest BCUT2D eigenvalue weighted by atomic mass is 9.89. The molecular formula is C27H38FN3O3S. The lowest BCUT2D eigenvalue weighted by Gasteiger charge is -2.36. The van der Waals surface area contributed by atoms with Gasteiger partial charge in [-0.1, -0.05) is 19.3 Å². The second-order valence-electron chi connectivity index (χ2n) is 9.70. The molecule has 0 radical (unpaired) electrons. The highest BCUT2D eigenvalue weighted by Gasteiger charge is 2.28. The number of methoxy groups -OCH3 is 1. The second kappa shape index (κ2) is 12.2. The number of hydrogen-bond donors (Lipinski definition) is 0. The molecule has 1 aliphatic heterocycles. The Morgan fingerprint density at radius 2 is 1.60 bits per heavy atom. The highest BCUT2D eigenvalue weighted by atomic mass is 32.2. The Hall–Kier alpha value is -2.16. The summed E-state index contributed by atoms with van der Waals surface area (Å²) in [5, 5.41) is 0. The number of rotatable bonds is 10. The fourth-order valence-electron chi connectivity index (χ4n) is 5.22. The van der Waals surface area contributed by atoms with Crippen LogP contribution >= 0.6 is 0 Å². The van der Waals surface area contributed by atoms with E-state index in [1.807, 2.05) is 12.1 Å². The van der Waals surface area contributed by atoms with E-state index >= 15 is 0 Å². The molecule has 1 aliphatic carbocycles. The Bertz CT molecular complexity index is 1020. The summed E-state index contributed by atoms with van der Waals surface area (Å²) in [4.78, 5) is 5.01. The Morgan fingerprint density at radius 1 is 0.943 bits per heavy atom. The first-order chi connectivity index (χ1) is 17.0. The van der Waals surface area contributed by atoms with Crippen molar-refractivity contribution in [1.82, 2.24) is 9.21 Å². The lowest BCUT2D eigenvalue weighted by Crippen LogP contribution is -2.47. The van der Waals surface area contributed by atoms with Crippen molar-refractivity contribution < 1.29 is 17.5 Å². The predicted molar refractivity (Wildman–Crippen MR) is 138 cm³/mol. The smallest absolute Gasteiger partial charge is 0.243 e. The van der Waals surface area contributed by atoms with Gasteiger partial charge in [0.25, 0.3) is 0 Å². The molecule has 2 aliphatic rings. The largest absolute Gasteiger partial charge is 0.497 e. The summed E-state index contributed by atoms with van der Waals surface area (Å²) in [6.07, 6.45) is 6.67. The average molecular weight is 504 g/mol. The van der Waals surface area contributed by atoms with E-state index in [4.69, 9.17) is 4.74 Å². The van der Waals surface area contributed by atoms with E-state index in [2.05, 4.69) is 9.80 Å². The van der Waals surface area contributed by atoms with Gasteiger partial charge in [-0.15, -0.1) is 0 Å². The molecule has 1 saturated carbocycles. The van der Waals surface area contributed by atoms with Crippen LogP contribution in [0.25, 0.3) is 0 Å². The van der Waals surface area contributed by atoms with Gasteiger partial charge >= 0.3 is 0 Å². The van der Waals surface area contributed by atoms with Crippen LogP contribution in [0.4, 0.5) is 10.1 Å². The van der Waals surface area contributed by atoms with Crippen LogP contribution in [0.3, 0.4) is 0 Å². The third-order valence-corrected chi connectivity index (χ3v) is 9.21. The first-order valence-corrected chi connectivity index (χ1v) is 14.3. The first-order valence-electron chi connectivity index (χ1n) is 12.8. The van der Waals surface area contributed by atoms with Gasteiger partial charge in [0.2, 0.25) is 10.0 Å². The van der Waals surface area contributed by atoms with E-state index in [1.165, 1.54) is 31.4 Å². The summed E-state index contributed by atoms with van der Waals surface area (Å²) < 4.78 is 47.2. The molecule has 1 saturated heterocycles. The monoisotopic (exact) mass is 503 g/mol. The van der Waals surface area contributed by atoms with Gasteiger partial charge in [-0.05, 0) is 80.3 Å². The standard InChI is InChI=1S/C27H38FN3O3S/c1-34-26-12-14-27(15-13-26)35(32,33)31(22-23-6-3-2-4-7-23)17-5-16-29-18-20-30(21-19-29)25-10-8-24(28)9-11-25/h8-15,23H,2-7,16-22H2,1H3. The van der Waals surface area contributed by atoms with Crippen LogP contribution < -0.4 is 9.64 Å². The van der Waals surface area contributed by atoms with Crippen LogP contribution in [0.15, 0.2) is 53.4 Å². The Morgan fingerprint density at radius 3 is 2.23 bits per heavy atom. The maximum atomic E-state index is 13.5.